The third-order valence-electron chi connectivity index (χ3n) is 3.34. The van der Waals surface area contributed by atoms with Crippen molar-refractivity contribution in [3.63, 3.8) is 0 Å². The van der Waals surface area contributed by atoms with Crippen LogP contribution in [0.4, 0.5) is 11.4 Å². The molecule has 0 saturated carbocycles. The van der Waals surface area contributed by atoms with Crippen LogP contribution in [0.25, 0.3) is 0 Å². The molecule has 0 spiro atoms. The molecule has 0 aliphatic carbocycles. The zero-order chi connectivity index (χ0) is 15.2. The van der Waals surface area contributed by atoms with Crippen LogP contribution >= 0.6 is 0 Å². The van der Waals surface area contributed by atoms with Crippen molar-refractivity contribution in [2.75, 3.05) is 18.5 Å². The molecule has 2 aromatic rings. The maximum absolute atomic E-state index is 10.5. The van der Waals surface area contributed by atoms with E-state index in [9.17, 15) is 10.1 Å². The number of hydrogen-bond acceptors (Lipinski definition) is 4. The van der Waals surface area contributed by atoms with Crippen LogP contribution < -0.4 is 10.1 Å². The normalized spacial score (nSPS) is 10.2. The van der Waals surface area contributed by atoms with Crippen molar-refractivity contribution >= 4 is 11.4 Å². The van der Waals surface area contributed by atoms with Gasteiger partial charge in [-0.1, -0.05) is 12.1 Å². The number of non-ortho nitro benzene ring substituents is 1. The van der Waals surface area contributed by atoms with E-state index in [4.69, 9.17) is 4.74 Å². The maximum Gasteiger partial charge on any atom is 0.269 e. The number of nitrogens with zero attached hydrogens (tertiary/aromatic N) is 1. The fraction of sp³-hybridized carbons (Fsp3) is 0.250. The molecule has 1 N–H and O–H groups in total. The molecule has 0 aliphatic heterocycles. The summed E-state index contributed by atoms with van der Waals surface area (Å²) in [5.41, 5.74) is 3.64. The van der Waals surface area contributed by atoms with Crippen LogP contribution in [0.2, 0.25) is 0 Å². The van der Waals surface area contributed by atoms with Gasteiger partial charge in [0.25, 0.3) is 5.69 Å². The Morgan fingerprint density at radius 3 is 2.52 bits per heavy atom. The maximum atomic E-state index is 10.5. The zero-order valence-electron chi connectivity index (χ0n) is 12.1. The number of rotatable bonds is 6. The van der Waals surface area contributed by atoms with Gasteiger partial charge in [0.15, 0.2) is 0 Å². The molecule has 0 saturated heterocycles. The molecular weight excluding hydrogens is 268 g/mol. The number of benzene rings is 2. The van der Waals surface area contributed by atoms with Crippen LogP contribution in [0.3, 0.4) is 0 Å². The Morgan fingerprint density at radius 1 is 1.14 bits per heavy atom. The summed E-state index contributed by atoms with van der Waals surface area (Å²) in [4.78, 5) is 10.1. The molecule has 0 atom stereocenters. The summed E-state index contributed by atoms with van der Waals surface area (Å²) in [6, 6.07) is 12.2. The first kappa shape index (κ1) is 14.8. The van der Waals surface area contributed by atoms with Crippen LogP contribution in [0.15, 0.2) is 42.5 Å². The minimum atomic E-state index is -0.425. The predicted octanol–water partition coefficient (Wildman–Crippen LogP) is 3.70. The average molecular weight is 286 g/mol. The predicted molar refractivity (Wildman–Crippen MR) is 83.0 cm³/mol. The highest BCUT2D eigenvalue weighted by Crippen LogP contribution is 2.19. The Hall–Kier alpha value is -2.56. The summed E-state index contributed by atoms with van der Waals surface area (Å²) in [6.07, 6.45) is 0. The molecule has 0 amide bonds. The van der Waals surface area contributed by atoms with E-state index in [2.05, 4.69) is 25.2 Å². The first-order chi connectivity index (χ1) is 10.1. The molecule has 5 nitrogen and oxygen atoms in total. The van der Waals surface area contributed by atoms with Gasteiger partial charge in [-0.3, -0.25) is 10.1 Å². The van der Waals surface area contributed by atoms with E-state index in [0.29, 0.717) is 18.9 Å². The lowest BCUT2D eigenvalue weighted by Crippen LogP contribution is -2.12. The first-order valence-electron chi connectivity index (χ1n) is 6.75. The summed E-state index contributed by atoms with van der Waals surface area (Å²) < 4.78 is 5.55. The first-order valence-corrected chi connectivity index (χ1v) is 6.75. The molecule has 0 radical (unpaired) electrons. The SMILES string of the molecule is Cc1cccc(NCCOc2ccc([N+](=O)[O-])cc2)c1C. The second kappa shape index (κ2) is 6.74. The number of ether oxygens (including phenoxy) is 1. The smallest absolute Gasteiger partial charge is 0.269 e. The molecule has 0 aromatic heterocycles. The topological polar surface area (TPSA) is 64.4 Å². The third-order valence-corrected chi connectivity index (χ3v) is 3.34. The van der Waals surface area contributed by atoms with Gasteiger partial charge in [-0.2, -0.15) is 0 Å². The monoisotopic (exact) mass is 286 g/mol. The molecule has 5 heteroatoms. The van der Waals surface area contributed by atoms with E-state index in [1.165, 1.54) is 23.3 Å². The van der Waals surface area contributed by atoms with E-state index in [-0.39, 0.29) is 5.69 Å². The summed E-state index contributed by atoms with van der Waals surface area (Å²) in [5.74, 6) is 0.628. The molecule has 110 valence electrons. The van der Waals surface area contributed by atoms with Gasteiger partial charge >= 0.3 is 0 Å². The highest BCUT2D eigenvalue weighted by molar-refractivity contribution is 5.53. The minimum absolute atomic E-state index is 0.0656. The van der Waals surface area contributed by atoms with Crippen molar-refractivity contribution in [3.8, 4) is 5.75 Å². The van der Waals surface area contributed by atoms with Crippen molar-refractivity contribution < 1.29 is 9.66 Å². The van der Waals surface area contributed by atoms with Gasteiger partial charge in [-0.25, -0.2) is 0 Å². The number of nitrogens with one attached hydrogen (secondary N) is 1. The fourth-order valence-corrected chi connectivity index (χ4v) is 1.96. The molecule has 0 fully saturated rings. The van der Waals surface area contributed by atoms with E-state index in [1.807, 2.05) is 12.1 Å². The molecule has 2 aromatic carbocycles. The van der Waals surface area contributed by atoms with Gasteiger partial charge < -0.3 is 10.1 Å². The number of nitro groups is 1. The largest absolute Gasteiger partial charge is 0.492 e. The van der Waals surface area contributed by atoms with Crippen molar-refractivity contribution in [1.29, 1.82) is 0 Å². The molecule has 21 heavy (non-hydrogen) atoms. The lowest BCUT2D eigenvalue weighted by Gasteiger charge is -2.12. The van der Waals surface area contributed by atoms with E-state index < -0.39 is 4.92 Å². The lowest BCUT2D eigenvalue weighted by atomic mass is 10.1. The lowest BCUT2D eigenvalue weighted by molar-refractivity contribution is -0.384. The number of aryl methyl sites for hydroxylation is 1. The molecular formula is C16H18N2O3. The number of nitro benzene ring substituents is 1. The molecule has 2 rings (SSSR count). The van der Waals surface area contributed by atoms with E-state index in [1.54, 1.807) is 12.1 Å². The van der Waals surface area contributed by atoms with Gasteiger partial charge in [0.05, 0.1) is 4.92 Å². The summed E-state index contributed by atoms with van der Waals surface area (Å²) in [5, 5.41) is 13.9. The Morgan fingerprint density at radius 2 is 1.86 bits per heavy atom. The van der Waals surface area contributed by atoms with Gasteiger partial charge in [0, 0.05) is 24.4 Å². The highest BCUT2D eigenvalue weighted by atomic mass is 16.6. The van der Waals surface area contributed by atoms with Gasteiger partial charge in [0.1, 0.15) is 12.4 Å². The second-order valence-corrected chi connectivity index (χ2v) is 4.77. The average Bonchev–Trinajstić information content (AvgIpc) is 2.48. The van der Waals surface area contributed by atoms with Gasteiger partial charge in [0.2, 0.25) is 0 Å². The summed E-state index contributed by atoms with van der Waals surface area (Å²) >= 11 is 0. The Kier molecular flexibility index (Phi) is 4.77. The van der Waals surface area contributed by atoms with Crippen LogP contribution in [-0.4, -0.2) is 18.1 Å². The van der Waals surface area contributed by atoms with E-state index >= 15 is 0 Å². The van der Waals surface area contributed by atoms with E-state index in [0.717, 1.165) is 5.69 Å². The van der Waals surface area contributed by atoms with Crippen molar-refractivity contribution in [2.24, 2.45) is 0 Å². The molecule has 0 unspecified atom stereocenters. The van der Waals surface area contributed by atoms with Crippen LogP contribution in [0, 0.1) is 24.0 Å². The van der Waals surface area contributed by atoms with Crippen LogP contribution in [0.5, 0.6) is 5.75 Å². The Balaban J connectivity index is 1.82. The van der Waals surface area contributed by atoms with Crippen molar-refractivity contribution in [2.45, 2.75) is 13.8 Å². The fourth-order valence-electron chi connectivity index (χ4n) is 1.96. The zero-order valence-corrected chi connectivity index (χ0v) is 12.1. The van der Waals surface area contributed by atoms with Crippen LogP contribution in [-0.2, 0) is 0 Å². The summed E-state index contributed by atoms with van der Waals surface area (Å²) in [6.45, 7) is 5.31. The van der Waals surface area contributed by atoms with Crippen molar-refractivity contribution in [3.05, 3.63) is 63.7 Å². The summed E-state index contributed by atoms with van der Waals surface area (Å²) in [7, 11) is 0. The molecule has 0 bridgehead atoms. The number of anilines is 1. The minimum Gasteiger partial charge on any atom is -0.492 e. The highest BCUT2D eigenvalue weighted by Gasteiger charge is 2.04. The molecule has 0 aliphatic rings. The number of hydrogen-bond donors (Lipinski definition) is 1. The second-order valence-electron chi connectivity index (χ2n) is 4.77. The standard InChI is InChI=1S/C16H18N2O3/c1-12-4-3-5-16(13(12)2)17-10-11-21-15-8-6-14(7-9-15)18(19)20/h3-9,17H,10-11H2,1-2H3. The van der Waals surface area contributed by atoms with Gasteiger partial charge in [-0.15, -0.1) is 0 Å². The Bertz CT molecular complexity index is 624. The van der Waals surface area contributed by atoms with Crippen molar-refractivity contribution in [1.82, 2.24) is 0 Å². The third kappa shape index (κ3) is 3.95. The quantitative estimate of drug-likeness (QED) is 0.499. The van der Waals surface area contributed by atoms with Gasteiger partial charge in [-0.05, 0) is 43.2 Å². The molecule has 0 heterocycles. The van der Waals surface area contributed by atoms with Crippen LogP contribution in [0.1, 0.15) is 11.1 Å². The Labute approximate surface area is 123 Å².